The van der Waals surface area contributed by atoms with E-state index in [4.69, 9.17) is 0 Å². The lowest BCUT2D eigenvalue weighted by atomic mass is 10.0. The predicted octanol–water partition coefficient (Wildman–Crippen LogP) is 1.24. The van der Waals surface area contributed by atoms with Gasteiger partial charge < -0.3 is 5.11 Å². The molecule has 1 aliphatic rings. The summed E-state index contributed by atoms with van der Waals surface area (Å²) in [5.74, 6) is 1.41. The van der Waals surface area contributed by atoms with Crippen LogP contribution in [0, 0.1) is 5.92 Å². The quantitative estimate of drug-likeness (QED) is 0.879. The van der Waals surface area contributed by atoms with E-state index in [9.17, 15) is 5.11 Å². The first kappa shape index (κ1) is 13.5. The van der Waals surface area contributed by atoms with Gasteiger partial charge in [0.1, 0.15) is 12.2 Å². The molecule has 1 saturated heterocycles. The van der Waals surface area contributed by atoms with Crippen LogP contribution in [0.1, 0.15) is 39.9 Å². The minimum Gasteiger partial charge on any atom is -0.393 e. The molecular formula is C13H24N4O. The van der Waals surface area contributed by atoms with Crippen molar-refractivity contribution >= 4 is 0 Å². The van der Waals surface area contributed by atoms with Gasteiger partial charge in [-0.3, -0.25) is 4.90 Å². The highest BCUT2D eigenvalue weighted by atomic mass is 16.3. The summed E-state index contributed by atoms with van der Waals surface area (Å²) in [6.45, 7) is 11.1. The van der Waals surface area contributed by atoms with Gasteiger partial charge in [-0.15, -0.1) is 0 Å². The van der Waals surface area contributed by atoms with E-state index in [2.05, 4.69) is 35.8 Å². The number of hydrogen-bond acceptors (Lipinski definition) is 4. The molecule has 0 amide bonds. The van der Waals surface area contributed by atoms with Crippen molar-refractivity contribution in [3.05, 3.63) is 12.2 Å². The van der Waals surface area contributed by atoms with Crippen molar-refractivity contribution in [2.45, 2.75) is 52.3 Å². The molecule has 5 nitrogen and oxygen atoms in total. The molecule has 2 unspecified atom stereocenters. The van der Waals surface area contributed by atoms with Crippen LogP contribution in [0.5, 0.6) is 0 Å². The molecule has 0 radical (unpaired) electrons. The van der Waals surface area contributed by atoms with Gasteiger partial charge >= 0.3 is 0 Å². The van der Waals surface area contributed by atoms with Gasteiger partial charge in [0.25, 0.3) is 0 Å². The molecule has 0 aromatic carbocycles. The lowest BCUT2D eigenvalue weighted by Gasteiger charge is -2.23. The number of aliphatic hydroxyl groups excluding tert-OH is 1. The number of rotatable bonds is 3. The summed E-state index contributed by atoms with van der Waals surface area (Å²) in [5.41, 5.74) is -0.0325. The highest BCUT2D eigenvalue weighted by molar-refractivity contribution is 4.92. The summed E-state index contributed by atoms with van der Waals surface area (Å²) in [4.78, 5) is 6.71. The van der Waals surface area contributed by atoms with Gasteiger partial charge in [-0.1, -0.05) is 0 Å². The van der Waals surface area contributed by atoms with E-state index in [-0.39, 0.29) is 11.6 Å². The molecule has 1 aromatic rings. The highest BCUT2D eigenvalue weighted by Gasteiger charge is 2.28. The Kier molecular flexibility index (Phi) is 3.73. The average molecular weight is 252 g/mol. The lowest BCUT2D eigenvalue weighted by Crippen LogP contribution is -2.30. The largest absolute Gasteiger partial charge is 0.393 e. The van der Waals surface area contributed by atoms with E-state index < -0.39 is 0 Å². The fraction of sp³-hybridized carbons (Fsp3) is 0.846. The van der Waals surface area contributed by atoms with Gasteiger partial charge in [-0.05, 0) is 46.6 Å². The van der Waals surface area contributed by atoms with E-state index in [1.807, 2.05) is 11.6 Å². The molecule has 0 spiro atoms. The van der Waals surface area contributed by atoms with E-state index in [0.29, 0.717) is 5.92 Å². The zero-order valence-corrected chi connectivity index (χ0v) is 11.8. The van der Waals surface area contributed by atoms with E-state index >= 15 is 0 Å². The molecule has 1 aliphatic heterocycles. The maximum absolute atomic E-state index is 9.62. The van der Waals surface area contributed by atoms with Crippen LogP contribution >= 0.6 is 0 Å². The molecule has 2 rings (SSSR count). The van der Waals surface area contributed by atoms with Crippen molar-refractivity contribution in [1.29, 1.82) is 0 Å². The molecule has 0 bridgehead atoms. The van der Waals surface area contributed by atoms with Crippen LogP contribution < -0.4 is 0 Å². The lowest BCUT2D eigenvalue weighted by molar-refractivity contribution is 0.126. The maximum Gasteiger partial charge on any atom is 0.141 e. The van der Waals surface area contributed by atoms with Gasteiger partial charge in [0.15, 0.2) is 0 Å². The van der Waals surface area contributed by atoms with E-state index in [1.54, 1.807) is 6.33 Å². The van der Waals surface area contributed by atoms with Crippen LogP contribution in [0.15, 0.2) is 6.33 Å². The molecule has 1 fully saturated rings. The van der Waals surface area contributed by atoms with Crippen molar-refractivity contribution < 1.29 is 5.11 Å². The first-order chi connectivity index (χ1) is 8.38. The Morgan fingerprint density at radius 3 is 2.78 bits per heavy atom. The minimum atomic E-state index is -0.213. The van der Waals surface area contributed by atoms with Gasteiger partial charge in [0.05, 0.1) is 18.2 Å². The monoisotopic (exact) mass is 252 g/mol. The van der Waals surface area contributed by atoms with Crippen LogP contribution in [0.25, 0.3) is 0 Å². The maximum atomic E-state index is 9.62. The topological polar surface area (TPSA) is 54.2 Å². The second-order valence-electron chi connectivity index (χ2n) is 6.28. The number of likely N-dealkylation sites (tertiary alicyclic amines) is 1. The van der Waals surface area contributed by atoms with Crippen LogP contribution in [0.4, 0.5) is 0 Å². The second kappa shape index (κ2) is 4.97. The van der Waals surface area contributed by atoms with Crippen molar-refractivity contribution in [2.24, 2.45) is 5.92 Å². The van der Waals surface area contributed by atoms with Crippen molar-refractivity contribution in [2.75, 3.05) is 13.1 Å². The normalized spacial score (nSPS) is 23.5. The van der Waals surface area contributed by atoms with Crippen LogP contribution in [-0.2, 0) is 12.1 Å². The summed E-state index contributed by atoms with van der Waals surface area (Å²) in [6, 6.07) is 0. The minimum absolute atomic E-state index is 0.0325. The fourth-order valence-corrected chi connectivity index (χ4v) is 2.53. The number of nitrogens with zero attached hydrogens (tertiary/aromatic N) is 4. The Hall–Kier alpha value is -0.940. The Morgan fingerprint density at radius 2 is 2.22 bits per heavy atom. The third-order valence-electron chi connectivity index (χ3n) is 3.61. The average Bonchev–Trinajstić information content (AvgIpc) is 2.85. The molecular weight excluding hydrogens is 228 g/mol. The highest BCUT2D eigenvalue weighted by Crippen LogP contribution is 2.22. The molecule has 18 heavy (non-hydrogen) atoms. The molecule has 2 heterocycles. The Morgan fingerprint density at radius 1 is 1.50 bits per heavy atom. The van der Waals surface area contributed by atoms with E-state index in [1.165, 1.54) is 0 Å². The molecule has 102 valence electrons. The number of aliphatic hydroxyl groups is 1. The number of hydrogen-bond donors (Lipinski definition) is 1. The standard InChI is InChI=1S/C13H24N4O/c1-10(18)11-5-6-16(7-11)8-12-14-9-15-17(12)13(2,3)4/h9-11,18H,5-8H2,1-4H3. The fourth-order valence-electron chi connectivity index (χ4n) is 2.53. The summed E-state index contributed by atoms with van der Waals surface area (Å²) in [7, 11) is 0. The molecule has 1 N–H and O–H groups in total. The van der Waals surface area contributed by atoms with Crippen molar-refractivity contribution in [3.63, 3.8) is 0 Å². The van der Waals surface area contributed by atoms with Crippen molar-refractivity contribution in [1.82, 2.24) is 19.7 Å². The third-order valence-corrected chi connectivity index (χ3v) is 3.61. The predicted molar refractivity (Wildman–Crippen MR) is 70.1 cm³/mol. The van der Waals surface area contributed by atoms with Crippen LogP contribution in [0.2, 0.25) is 0 Å². The zero-order chi connectivity index (χ0) is 13.3. The summed E-state index contributed by atoms with van der Waals surface area (Å²) in [5, 5.41) is 13.9. The molecule has 1 aromatic heterocycles. The van der Waals surface area contributed by atoms with Crippen molar-refractivity contribution in [3.8, 4) is 0 Å². The Labute approximate surface area is 109 Å². The van der Waals surface area contributed by atoms with E-state index in [0.717, 1.165) is 31.9 Å². The smallest absolute Gasteiger partial charge is 0.141 e. The second-order valence-corrected chi connectivity index (χ2v) is 6.28. The van der Waals surface area contributed by atoms with Gasteiger partial charge in [0, 0.05) is 6.54 Å². The summed E-state index contributed by atoms with van der Waals surface area (Å²) < 4.78 is 1.99. The van der Waals surface area contributed by atoms with Crippen LogP contribution in [0.3, 0.4) is 0 Å². The van der Waals surface area contributed by atoms with Gasteiger partial charge in [0.2, 0.25) is 0 Å². The first-order valence-corrected chi connectivity index (χ1v) is 6.67. The van der Waals surface area contributed by atoms with Gasteiger partial charge in [-0.2, -0.15) is 5.10 Å². The third kappa shape index (κ3) is 2.90. The number of aromatic nitrogens is 3. The van der Waals surface area contributed by atoms with Crippen LogP contribution in [-0.4, -0.2) is 44.0 Å². The Bertz CT molecular complexity index is 394. The SMILES string of the molecule is CC(O)C1CCN(Cc2ncnn2C(C)(C)C)C1. The molecule has 0 aliphatic carbocycles. The first-order valence-electron chi connectivity index (χ1n) is 6.67. The summed E-state index contributed by atoms with van der Waals surface area (Å²) in [6.07, 6.45) is 2.49. The molecule has 5 heteroatoms. The summed E-state index contributed by atoms with van der Waals surface area (Å²) >= 11 is 0. The molecule has 2 atom stereocenters. The van der Waals surface area contributed by atoms with Gasteiger partial charge in [-0.25, -0.2) is 9.67 Å². The molecule has 0 saturated carbocycles. The zero-order valence-electron chi connectivity index (χ0n) is 11.8. The Balaban J connectivity index is 2.01.